The number of hydrogen-bond acceptors (Lipinski definition) is 6. The molecule has 7 nitrogen and oxygen atoms in total. The van der Waals surface area contributed by atoms with Gasteiger partial charge >= 0.3 is 12.1 Å². The summed E-state index contributed by atoms with van der Waals surface area (Å²) in [5.41, 5.74) is -1.56. The Morgan fingerprint density at radius 2 is 1.84 bits per heavy atom. The highest BCUT2D eigenvalue weighted by Gasteiger charge is 2.63. The van der Waals surface area contributed by atoms with Gasteiger partial charge in [-0.05, 0) is 19.8 Å². The minimum atomic E-state index is -4.41. The van der Waals surface area contributed by atoms with Crippen LogP contribution < -0.4 is 15.4 Å². The van der Waals surface area contributed by atoms with Gasteiger partial charge in [0.1, 0.15) is 23.7 Å². The van der Waals surface area contributed by atoms with Crippen molar-refractivity contribution in [2.24, 2.45) is 5.41 Å². The number of hydrogen-bond donors (Lipinski definition) is 2. The van der Waals surface area contributed by atoms with Crippen molar-refractivity contribution in [1.82, 2.24) is 15.0 Å². The molecule has 0 unspecified atom stereocenters. The first-order valence-corrected chi connectivity index (χ1v) is 9.27. The standard InChI is InChI=1S/C19H20F5N5O2/c1-10-6-15(29-16(26-10)17(3,20)21)28-12-7-14(27-11(2)30)25-8-13(12)31-9-18(4-5-18)19(22,23)24/h6-8H,4-5,9H2,1-3H3,(H2,25,26,27,28,29,30). The number of nitrogens with zero attached hydrogens (tertiary/aromatic N) is 3. The van der Waals surface area contributed by atoms with E-state index in [0.717, 1.165) is 6.20 Å². The van der Waals surface area contributed by atoms with E-state index in [1.807, 2.05) is 0 Å². The zero-order valence-corrected chi connectivity index (χ0v) is 16.9. The Hall–Kier alpha value is -3.05. The summed E-state index contributed by atoms with van der Waals surface area (Å²) in [5.74, 6) is -4.43. The van der Waals surface area contributed by atoms with E-state index < -0.39 is 35.9 Å². The summed E-state index contributed by atoms with van der Waals surface area (Å²) < 4.78 is 72.4. The number of pyridine rings is 1. The van der Waals surface area contributed by atoms with E-state index in [0.29, 0.717) is 6.92 Å². The molecule has 0 aromatic carbocycles. The highest BCUT2D eigenvalue weighted by molar-refractivity contribution is 5.88. The molecule has 2 aromatic rings. The first-order chi connectivity index (χ1) is 14.3. The summed E-state index contributed by atoms with van der Waals surface area (Å²) in [6.07, 6.45) is -3.35. The van der Waals surface area contributed by atoms with E-state index in [1.54, 1.807) is 0 Å². The van der Waals surface area contributed by atoms with Gasteiger partial charge in [-0.25, -0.2) is 15.0 Å². The summed E-state index contributed by atoms with van der Waals surface area (Å²) in [6, 6.07) is 2.70. The molecule has 0 bridgehead atoms. The summed E-state index contributed by atoms with van der Waals surface area (Å²) >= 11 is 0. The van der Waals surface area contributed by atoms with Gasteiger partial charge < -0.3 is 15.4 Å². The normalized spacial score (nSPS) is 15.4. The van der Waals surface area contributed by atoms with E-state index in [1.165, 1.54) is 26.0 Å². The monoisotopic (exact) mass is 445 g/mol. The molecule has 1 amide bonds. The zero-order chi connectivity index (χ0) is 23.0. The number of carbonyl (C=O) groups excluding carboxylic acids is 1. The Morgan fingerprint density at radius 1 is 1.16 bits per heavy atom. The van der Waals surface area contributed by atoms with E-state index in [-0.39, 0.29) is 41.6 Å². The average Bonchev–Trinajstić information content (AvgIpc) is 3.40. The van der Waals surface area contributed by atoms with E-state index in [9.17, 15) is 26.7 Å². The lowest BCUT2D eigenvalue weighted by molar-refractivity contribution is -0.194. The molecule has 0 radical (unpaired) electrons. The maximum absolute atomic E-state index is 13.7. The molecule has 2 N–H and O–H groups in total. The first kappa shape index (κ1) is 22.6. The minimum Gasteiger partial charge on any atom is -0.489 e. The molecule has 2 aromatic heterocycles. The topological polar surface area (TPSA) is 89.0 Å². The van der Waals surface area contributed by atoms with Gasteiger partial charge in [-0.1, -0.05) is 0 Å². The number of anilines is 3. The van der Waals surface area contributed by atoms with Crippen LogP contribution >= 0.6 is 0 Å². The van der Waals surface area contributed by atoms with Crippen molar-refractivity contribution in [3.05, 3.63) is 29.8 Å². The van der Waals surface area contributed by atoms with Crippen molar-refractivity contribution in [3.63, 3.8) is 0 Å². The van der Waals surface area contributed by atoms with Crippen molar-refractivity contribution in [2.45, 2.75) is 45.7 Å². The molecule has 1 saturated carbocycles. The second-order valence-corrected chi connectivity index (χ2v) is 7.55. The fourth-order valence-corrected chi connectivity index (χ4v) is 2.75. The predicted molar refractivity (Wildman–Crippen MR) is 101 cm³/mol. The number of ether oxygens (including phenoxy) is 1. The highest BCUT2D eigenvalue weighted by atomic mass is 19.4. The average molecular weight is 445 g/mol. The van der Waals surface area contributed by atoms with Gasteiger partial charge in [0.25, 0.3) is 0 Å². The lowest BCUT2D eigenvalue weighted by Gasteiger charge is -2.21. The second kappa shape index (κ2) is 7.89. The van der Waals surface area contributed by atoms with Crippen LogP contribution in [0.2, 0.25) is 0 Å². The van der Waals surface area contributed by atoms with Crippen molar-refractivity contribution < 1.29 is 31.5 Å². The number of rotatable bonds is 7. The number of nitrogens with one attached hydrogen (secondary N) is 2. The van der Waals surface area contributed by atoms with Crippen LogP contribution in [0.4, 0.5) is 39.3 Å². The summed E-state index contributed by atoms with van der Waals surface area (Å²) in [7, 11) is 0. The molecule has 3 rings (SSSR count). The number of alkyl halides is 5. The van der Waals surface area contributed by atoms with Gasteiger partial charge in [0.2, 0.25) is 11.7 Å². The zero-order valence-electron chi connectivity index (χ0n) is 16.9. The molecule has 1 fully saturated rings. The summed E-state index contributed by atoms with van der Waals surface area (Å²) in [6.45, 7) is 2.78. The van der Waals surface area contributed by atoms with Crippen LogP contribution in [-0.4, -0.2) is 33.6 Å². The fraction of sp³-hybridized carbons (Fsp3) is 0.474. The van der Waals surface area contributed by atoms with Crippen LogP contribution in [0, 0.1) is 12.3 Å². The van der Waals surface area contributed by atoms with E-state index >= 15 is 0 Å². The van der Waals surface area contributed by atoms with Gasteiger partial charge in [0.15, 0.2) is 5.75 Å². The minimum absolute atomic E-state index is 0.0224. The lowest BCUT2D eigenvalue weighted by atomic mass is 10.1. The maximum Gasteiger partial charge on any atom is 0.397 e. The van der Waals surface area contributed by atoms with Crippen LogP contribution in [0.1, 0.15) is 38.2 Å². The Labute approximate surface area is 174 Å². The van der Waals surface area contributed by atoms with Crippen molar-refractivity contribution in [1.29, 1.82) is 0 Å². The molecular weight excluding hydrogens is 425 g/mol. The van der Waals surface area contributed by atoms with Crippen LogP contribution in [-0.2, 0) is 10.7 Å². The van der Waals surface area contributed by atoms with Crippen LogP contribution in [0.5, 0.6) is 5.75 Å². The summed E-state index contributed by atoms with van der Waals surface area (Å²) in [4.78, 5) is 22.7. The van der Waals surface area contributed by atoms with Crippen LogP contribution in [0.15, 0.2) is 18.3 Å². The maximum atomic E-state index is 13.7. The molecule has 0 aliphatic heterocycles. The fourth-order valence-electron chi connectivity index (χ4n) is 2.75. The predicted octanol–water partition coefficient (Wildman–Crippen LogP) is 4.72. The molecule has 1 aliphatic rings. The Morgan fingerprint density at radius 3 is 2.39 bits per heavy atom. The largest absolute Gasteiger partial charge is 0.489 e. The molecule has 12 heteroatoms. The van der Waals surface area contributed by atoms with Gasteiger partial charge in [-0.3, -0.25) is 4.79 Å². The first-order valence-electron chi connectivity index (χ1n) is 9.27. The lowest BCUT2D eigenvalue weighted by Crippen LogP contribution is -2.30. The smallest absolute Gasteiger partial charge is 0.397 e. The summed E-state index contributed by atoms with van der Waals surface area (Å²) in [5, 5.41) is 5.19. The number of amides is 1. The quantitative estimate of drug-likeness (QED) is 0.600. The molecule has 0 atom stereocenters. The molecule has 0 saturated heterocycles. The van der Waals surface area contributed by atoms with E-state index in [2.05, 4.69) is 25.6 Å². The molecule has 1 aliphatic carbocycles. The van der Waals surface area contributed by atoms with Crippen LogP contribution in [0.3, 0.4) is 0 Å². The third kappa shape index (κ3) is 5.36. The second-order valence-electron chi connectivity index (χ2n) is 7.55. The van der Waals surface area contributed by atoms with Crippen molar-refractivity contribution in [3.8, 4) is 5.75 Å². The molecule has 31 heavy (non-hydrogen) atoms. The third-order valence-electron chi connectivity index (χ3n) is 4.64. The Kier molecular flexibility index (Phi) is 5.76. The van der Waals surface area contributed by atoms with Crippen molar-refractivity contribution >= 4 is 23.2 Å². The van der Waals surface area contributed by atoms with Gasteiger partial charge in [0, 0.05) is 31.7 Å². The molecule has 2 heterocycles. The SMILES string of the molecule is CC(=O)Nc1cc(Nc2cc(C)nc(C(C)(F)F)n2)c(OCC2(C(F)(F)F)CC2)cn1. The number of halogens is 5. The third-order valence-corrected chi connectivity index (χ3v) is 4.64. The van der Waals surface area contributed by atoms with Gasteiger partial charge in [0.05, 0.1) is 11.9 Å². The highest BCUT2D eigenvalue weighted by Crippen LogP contribution is 2.57. The van der Waals surface area contributed by atoms with Crippen molar-refractivity contribution in [2.75, 3.05) is 17.2 Å². The Balaban J connectivity index is 1.91. The van der Waals surface area contributed by atoms with Crippen LogP contribution in [0.25, 0.3) is 0 Å². The molecular formula is C19H20F5N5O2. The molecule has 0 spiro atoms. The van der Waals surface area contributed by atoms with E-state index in [4.69, 9.17) is 4.74 Å². The molecule has 168 valence electrons. The van der Waals surface area contributed by atoms with Gasteiger partial charge in [-0.2, -0.15) is 22.0 Å². The number of aromatic nitrogens is 3. The Bertz CT molecular complexity index is 987. The number of carbonyl (C=O) groups is 1. The number of aryl methyl sites for hydroxylation is 1. The van der Waals surface area contributed by atoms with Gasteiger partial charge in [-0.15, -0.1) is 0 Å².